The fourth-order valence-corrected chi connectivity index (χ4v) is 3.75. The van der Waals surface area contributed by atoms with Crippen LogP contribution in [0.1, 0.15) is 36.3 Å². The van der Waals surface area contributed by atoms with Gasteiger partial charge in [0.25, 0.3) is 5.56 Å². The predicted octanol–water partition coefficient (Wildman–Crippen LogP) is 2.39. The van der Waals surface area contributed by atoms with Gasteiger partial charge in [-0.2, -0.15) is 0 Å². The van der Waals surface area contributed by atoms with Gasteiger partial charge in [-0.25, -0.2) is 4.79 Å². The van der Waals surface area contributed by atoms with Crippen molar-refractivity contribution in [2.75, 3.05) is 5.32 Å². The summed E-state index contributed by atoms with van der Waals surface area (Å²) < 4.78 is 0.917. The molecule has 2 aliphatic rings. The van der Waals surface area contributed by atoms with Gasteiger partial charge in [-0.05, 0) is 30.5 Å². The molecule has 1 aliphatic heterocycles. The van der Waals surface area contributed by atoms with E-state index in [0.717, 1.165) is 28.6 Å². The molecule has 0 radical (unpaired) electrons. The van der Waals surface area contributed by atoms with E-state index < -0.39 is 17.2 Å². The van der Waals surface area contributed by atoms with Crippen molar-refractivity contribution < 1.29 is 4.79 Å². The summed E-state index contributed by atoms with van der Waals surface area (Å²) >= 11 is 3.40. The molecule has 0 bridgehead atoms. The topological polar surface area (TPSA) is 94.8 Å². The summed E-state index contributed by atoms with van der Waals surface area (Å²) in [7, 11) is 0. The molecular formula is C17H14BrN3O3. The second-order valence-corrected chi connectivity index (χ2v) is 6.89. The number of carbonyl (C=O) groups excluding carboxylic acids is 1. The summed E-state index contributed by atoms with van der Waals surface area (Å²) in [4.78, 5) is 41.6. The summed E-state index contributed by atoms with van der Waals surface area (Å²) in [6.07, 6.45) is 1.97. The Morgan fingerprint density at radius 1 is 1.00 bits per heavy atom. The van der Waals surface area contributed by atoms with E-state index in [1.807, 2.05) is 24.3 Å². The van der Waals surface area contributed by atoms with Crippen molar-refractivity contribution in [1.82, 2.24) is 9.97 Å². The lowest BCUT2D eigenvalue weighted by Gasteiger charge is -2.32. The van der Waals surface area contributed by atoms with Crippen LogP contribution in [-0.2, 0) is 4.79 Å². The molecule has 1 aromatic carbocycles. The number of fused-ring (bicyclic) bond motifs is 1. The zero-order chi connectivity index (χ0) is 16.8. The number of aromatic amines is 2. The molecule has 4 rings (SSSR count). The third kappa shape index (κ3) is 2.36. The van der Waals surface area contributed by atoms with Gasteiger partial charge < -0.3 is 5.32 Å². The normalized spacial score (nSPS) is 19.5. The zero-order valence-corrected chi connectivity index (χ0v) is 14.2. The molecule has 0 fully saturated rings. The number of aromatic nitrogens is 2. The average molecular weight is 388 g/mol. The van der Waals surface area contributed by atoms with Gasteiger partial charge in [-0.15, -0.1) is 0 Å². The highest BCUT2D eigenvalue weighted by Crippen LogP contribution is 2.42. The molecule has 0 unspecified atom stereocenters. The molecule has 0 spiro atoms. The number of rotatable bonds is 1. The van der Waals surface area contributed by atoms with Crippen LogP contribution in [0.4, 0.5) is 5.82 Å². The van der Waals surface area contributed by atoms with E-state index in [1.165, 1.54) is 0 Å². The molecule has 1 aliphatic carbocycles. The van der Waals surface area contributed by atoms with Crippen molar-refractivity contribution in [2.24, 2.45) is 0 Å². The fraction of sp³-hybridized carbons (Fsp3) is 0.235. The van der Waals surface area contributed by atoms with Gasteiger partial charge in [-0.1, -0.05) is 28.1 Å². The van der Waals surface area contributed by atoms with E-state index in [4.69, 9.17) is 0 Å². The number of allylic oxidation sites excluding steroid dienone is 2. The van der Waals surface area contributed by atoms with Gasteiger partial charge >= 0.3 is 5.69 Å². The van der Waals surface area contributed by atoms with Crippen molar-refractivity contribution in [3.63, 3.8) is 0 Å². The molecule has 1 aromatic heterocycles. The summed E-state index contributed by atoms with van der Waals surface area (Å²) in [6, 6.07) is 7.54. The summed E-state index contributed by atoms with van der Waals surface area (Å²) in [5, 5.41) is 3.10. The molecule has 6 nitrogen and oxygen atoms in total. The number of hydrogen-bond acceptors (Lipinski definition) is 4. The van der Waals surface area contributed by atoms with E-state index in [1.54, 1.807) is 0 Å². The number of halogens is 1. The standard InChI is InChI=1S/C17H14BrN3O3/c18-9-6-4-8(5-7-9)12-13-10(2-1-3-11(13)22)19-15-14(12)16(23)21-17(24)20-15/h4-7,12H,1-3H2,(H3,19,20,21,23,24)/t12-/m1/s1. The van der Waals surface area contributed by atoms with Gasteiger partial charge in [0, 0.05) is 28.1 Å². The van der Waals surface area contributed by atoms with Crippen molar-refractivity contribution in [3.05, 3.63) is 72.0 Å². The van der Waals surface area contributed by atoms with Crippen LogP contribution in [0.5, 0.6) is 0 Å². The first kappa shape index (κ1) is 15.1. The molecule has 0 saturated heterocycles. The zero-order valence-electron chi connectivity index (χ0n) is 12.6. The Labute approximate surface area is 145 Å². The first-order valence-corrected chi connectivity index (χ1v) is 8.49. The first-order chi connectivity index (χ1) is 11.5. The lowest BCUT2D eigenvalue weighted by molar-refractivity contribution is -0.116. The first-order valence-electron chi connectivity index (χ1n) is 7.70. The Balaban J connectivity index is 2.01. The summed E-state index contributed by atoms with van der Waals surface area (Å²) in [5.74, 6) is -0.0456. The number of hydrogen-bond donors (Lipinski definition) is 3. The molecule has 7 heteroatoms. The van der Waals surface area contributed by atoms with Gasteiger partial charge in [0.05, 0.1) is 5.56 Å². The molecule has 2 aromatic rings. The lowest BCUT2D eigenvalue weighted by Crippen LogP contribution is -2.36. The Kier molecular flexibility index (Phi) is 3.53. The number of H-pyrrole nitrogens is 2. The second kappa shape index (κ2) is 5.59. The lowest BCUT2D eigenvalue weighted by atomic mass is 9.76. The summed E-state index contributed by atoms with van der Waals surface area (Å²) in [6.45, 7) is 0. The number of Topliss-reactive ketones (excluding diaryl/α,β-unsaturated/α-hetero) is 1. The molecule has 0 amide bonds. The average Bonchev–Trinajstić information content (AvgIpc) is 2.54. The van der Waals surface area contributed by atoms with E-state index in [0.29, 0.717) is 23.4 Å². The minimum Gasteiger partial charge on any atom is -0.344 e. The van der Waals surface area contributed by atoms with Crippen molar-refractivity contribution in [1.29, 1.82) is 0 Å². The van der Waals surface area contributed by atoms with E-state index in [9.17, 15) is 14.4 Å². The van der Waals surface area contributed by atoms with E-state index >= 15 is 0 Å². The van der Waals surface area contributed by atoms with Crippen LogP contribution in [-0.4, -0.2) is 15.8 Å². The van der Waals surface area contributed by atoms with Crippen LogP contribution in [0.2, 0.25) is 0 Å². The maximum absolute atomic E-state index is 12.6. The fourth-order valence-electron chi connectivity index (χ4n) is 3.48. The van der Waals surface area contributed by atoms with Gasteiger partial charge in [0.2, 0.25) is 0 Å². The smallest absolute Gasteiger partial charge is 0.327 e. The number of benzene rings is 1. The van der Waals surface area contributed by atoms with Crippen molar-refractivity contribution >= 4 is 27.5 Å². The third-order valence-electron chi connectivity index (χ3n) is 4.49. The number of anilines is 1. The van der Waals surface area contributed by atoms with Gasteiger partial charge in [0.15, 0.2) is 5.78 Å². The summed E-state index contributed by atoms with van der Waals surface area (Å²) in [5.41, 5.74) is 1.62. The highest BCUT2D eigenvalue weighted by atomic mass is 79.9. The Morgan fingerprint density at radius 3 is 2.50 bits per heavy atom. The van der Waals surface area contributed by atoms with Crippen LogP contribution >= 0.6 is 15.9 Å². The van der Waals surface area contributed by atoms with Gasteiger partial charge in [-0.3, -0.25) is 19.6 Å². The molecule has 1 atom stereocenters. The van der Waals surface area contributed by atoms with Crippen molar-refractivity contribution in [3.8, 4) is 0 Å². The van der Waals surface area contributed by atoms with Crippen LogP contribution in [0.3, 0.4) is 0 Å². The Hall–Kier alpha value is -2.41. The van der Waals surface area contributed by atoms with Gasteiger partial charge in [0.1, 0.15) is 5.82 Å². The number of nitrogens with one attached hydrogen (secondary N) is 3. The predicted molar refractivity (Wildman–Crippen MR) is 93.2 cm³/mol. The van der Waals surface area contributed by atoms with Crippen molar-refractivity contribution in [2.45, 2.75) is 25.2 Å². The third-order valence-corrected chi connectivity index (χ3v) is 5.02. The maximum atomic E-state index is 12.6. The molecular weight excluding hydrogens is 374 g/mol. The van der Waals surface area contributed by atoms with E-state index in [2.05, 4.69) is 31.2 Å². The monoisotopic (exact) mass is 387 g/mol. The number of carbonyl (C=O) groups is 1. The maximum Gasteiger partial charge on any atom is 0.327 e. The van der Waals surface area contributed by atoms with Crippen LogP contribution in [0.25, 0.3) is 0 Å². The molecule has 122 valence electrons. The van der Waals surface area contributed by atoms with E-state index in [-0.39, 0.29) is 5.78 Å². The molecule has 0 saturated carbocycles. The minimum atomic E-state index is -0.563. The highest BCUT2D eigenvalue weighted by Gasteiger charge is 2.37. The van der Waals surface area contributed by atoms with Crippen LogP contribution in [0, 0.1) is 0 Å². The Bertz CT molecular complexity index is 985. The SMILES string of the molecule is O=C1CCCC2=C1[C@@H](c1ccc(Br)cc1)c1c([nH]c(=O)[nH]c1=O)N2. The molecule has 24 heavy (non-hydrogen) atoms. The Morgan fingerprint density at radius 2 is 1.75 bits per heavy atom. The van der Waals surface area contributed by atoms with Crippen LogP contribution in [0.15, 0.2) is 49.6 Å². The largest absolute Gasteiger partial charge is 0.344 e. The minimum absolute atomic E-state index is 0.0490. The highest BCUT2D eigenvalue weighted by molar-refractivity contribution is 9.10. The quantitative estimate of drug-likeness (QED) is 0.699. The number of ketones is 1. The molecule has 2 heterocycles. The molecule has 3 N–H and O–H groups in total. The second-order valence-electron chi connectivity index (χ2n) is 5.98. The van der Waals surface area contributed by atoms with Crippen LogP contribution < -0.4 is 16.6 Å².